The van der Waals surface area contributed by atoms with E-state index >= 15 is 0 Å². The van der Waals surface area contributed by atoms with Gasteiger partial charge in [0.15, 0.2) is 0 Å². The molecular formula is C14H11NO3. The highest BCUT2D eigenvalue weighted by atomic mass is 16.5. The lowest BCUT2D eigenvalue weighted by Crippen LogP contribution is -2.00. The van der Waals surface area contributed by atoms with Crippen LogP contribution >= 0.6 is 0 Å². The van der Waals surface area contributed by atoms with Crippen molar-refractivity contribution in [3.63, 3.8) is 0 Å². The van der Waals surface area contributed by atoms with Crippen molar-refractivity contribution in [1.29, 1.82) is 0 Å². The predicted octanol–water partition coefficient (Wildman–Crippen LogP) is 2.58. The number of aromatic hydroxyl groups is 1. The summed E-state index contributed by atoms with van der Waals surface area (Å²) in [5.74, 6) is -0.223. The lowest BCUT2D eigenvalue weighted by Gasteiger charge is -1.99. The first-order valence-electron chi connectivity index (χ1n) is 5.52. The summed E-state index contributed by atoms with van der Waals surface area (Å²) in [4.78, 5) is 11.9. The van der Waals surface area contributed by atoms with E-state index in [4.69, 9.17) is 4.74 Å². The predicted molar refractivity (Wildman–Crippen MR) is 67.9 cm³/mol. The molecule has 0 saturated heterocycles. The minimum absolute atomic E-state index is 0.152. The van der Waals surface area contributed by atoms with E-state index < -0.39 is 0 Å². The smallest absolute Gasteiger partial charge is 0.340 e. The third kappa shape index (κ3) is 1.35. The van der Waals surface area contributed by atoms with Gasteiger partial charge in [0.25, 0.3) is 0 Å². The Labute approximate surface area is 103 Å². The molecule has 4 heteroatoms. The Hall–Kier alpha value is -2.49. The van der Waals surface area contributed by atoms with Gasteiger partial charge in [0.1, 0.15) is 5.75 Å². The van der Waals surface area contributed by atoms with Gasteiger partial charge in [0.2, 0.25) is 0 Å². The number of carbonyl (C=O) groups is 1. The molecule has 90 valence electrons. The van der Waals surface area contributed by atoms with Crippen molar-refractivity contribution in [2.75, 3.05) is 7.11 Å². The average Bonchev–Trinajstić information content (AvgIpc) is 2.72. The summed E-state index contributed by atoms with van der Waals surface area (Å²) < 4.78 is 6.61. The van der Waals surface area contributed by atoms with Crippen LogP contribution in [0.1, 0.15) is 10.4 Å². The Bertz CT molecular complexity index is 758. The van der Waals surface area contributed by atoms with Crippen molar-refractivity contribution in [3.05, 3.63) is 48.2 Å². The van der Waals surface area contributed by atoms with Crippen molar-refractivity contribution in [1.82, 2.24) is 4.40 Å². The summed E-state index contributed by atoms with van der Waals surface area (Å²) in [6.07, 6.45) is 1.59. The number of fused-ring (bicyclic) bond motifs is 3. The van der Waals surface area contributed by atoms with E-state index in [1.165, 1.54) is 7.11 Å². The van der Waals surface area contributed by atoms with Gasteiger partial charge in [-0.15, -0.1) is 0 Å². The second kappa shape index (κ2) is 3.77. The molecule has 0 radical (unpaired) electrons. The SMILES string of the molecule is COC(=O)c1c2ccccc2n2cc(O)ccc12. The van der Waals surface area contributed by atoms with Crippen molar-refractivity contribution in [2.45, 2.75) is 0 Å². The van der Waals surface area contributed by atoms with Crippen LogP contribution in [0.2, 0.25) is 0 Å². The van der Waals surface area contributed by atoms with Gasteiger partial charge in [-0.25, -0.2) is 4.79 Å². The first kappa shape index (κ1) is 10.7. The minimum atomic E-state index is -0.376. The Morgan fingerprint density at radius 1 is 1.17 bits per heavy atom. The third-order valence-corrected chi connectivity index (χ3v) is 3.01. The van der Waals surface area contributed by atoms with Crippen LogP contribution in [0, 0.1) is 0 Å². The van der Waals surface area contributed by atoms with E-state index in [0.29, 0.717) is 5.56 Å². The Morgan fingerprint density at radius 2 is 1.94 bits per heavy atom. The summed E-state index contributed by atoms with van der Waals surface area (Å²) in [5, 5.41) is 10.4. The maximum Gasteiger partial charge on any atom is 0.340 e. The summed E-state index contributed by atoms with van der Waals surface area (Å²) in [6, 6.07) is 10.8. The molecule has 18 heavy (non-hydrogen) atoms. The number of ether oxygens (including phenoxy) is 1. The number of esters is 1. The largest absolute Gasteiger partial charge is 0.506 e. The summed E-state index contributed by atoms with van der Waals surface area (Å²) >= 11 is 0. The molecule has 0 spiro atoms. The molecule has 0 atom stereocenters. The molecule has 0 bridgehead atoms. The Morgan fingerprint density at radius 3 is 2.72 bits per heavy atom. The molecule has 2 heterocycles. The molecule has 0 aliphatic heterocycles. The number of methoxy groups -OCH3 is 1. The highest BCUT2D eigenvalue weighted by molar-refractivity contribution is 6.11. The fourth-order valence-electron chi connectivity index (χ4n) is 2.24. The molecule has 0 saturated carbocycles. The van der Waals surface area contributed by atoms with E-state index in [2.05, 4.69) is 0 Å². The number of hydrogen-bond donors (Lipinski definition) is 1. The lowest BCUT2D eigenvalue weighted by atomic mass is 10.1. The number of pyridine rings is 1. The van der Waals surface area contributed by atoms with Gasteiger partial charge in [0.05, 0.1) is 29.9 Å². The number of rotatable bonds is 1. The standard InChI is InChI=1S/C14H11NO3/c1-18-14(17)13-10-4-2-3-5-11(10)15-8-9(16)6-7-12(13)15/h2-8,16H,1H3. The fourth-order valence-corrected chi connectivity index (χ4v) is 2.24. The molecule has 0 aliphatic carbocycles. The summed E-state index contributed by atoms with van der Waals surface area (Å²) in [5.41, 5.74) is 2.11. The van der Waals surface area contributed by atoms with Gasteiger partial charge in [0, 0.05) is 5.39 Å². The van der Waals surface area contributed by atoms with E-state index in [9.17, 15) is 9.90 Å². The zero-order valence-electron chi connectivity index (χ0n) is 9.75. The van der Waals surface area contributed by atoms with Gasteiger partial charge in [-0.2, -0.15) is 0 Å². The molecule has 0 amide bonds. The van der Waals surface area contributed by atoms with Gasteiger partial charge < -0.3 is 14.2 Å². The lowest BCUT2D eigenvalue weighted by molar-refractivity contribution is 0.0605. The number of carbonyl (C=O) groups excluding carboxylic acids is 1. The first-order chi connectivity index (χ1) is 8.72. The van der Waals surface area contributed by atoms with Crippen LogP contribution in [-0.2, 0) is 4.74 Å². The molecule has 0 fully saturated rings. The van der Waals surface area contributed by atoms with Gasteiger partial charge in [-0.3, -0.25) is 0 Å². The summed E-state index contributed by atoms with van der Waals surface area (Å²) in [7, 11) is 1.36. The second-order valence-electron chi connectivity index (χ2n) is 4.03. The molecule has 0 unspecified atom stereocenters. The van der Waals surface area contributed by atoms with Crippen molar-refractivity contribution in [3.8, 4) is 5.75 Å². The van der Waals surface area contributed by atoms with Crippen LogP contribution in [0.3, 0.4) is 0 Å². The Balaban J connectivity index is 2.54. The van der Waals surface area contributed by atoms with Crippen LogP contribution in [0.5, 0.6) is 5.75 Å². The van der Waals surface area contributed by atoms with Crippen LogP contribution in [0.25, 0.3) is 16.4 Å². The minimum Gasteiger partial charge on any atom is -0.506 e. The topological polar surface area (TPSA) is 50.9 Å². The number of nitrogens with zero attached hydrogens (tertiary/aromatic N) is 1. The van der Waals surface area contributed by atoms with Crippen LogP contribution in [-0.4, -0.2) is 22.6 Å². The molecule has 0 aliphatic rings. The molecule has 4 nitrogen and oxygen atoms in total. The number of para-hydroxylation sites is 1. The zero-order valence-corrected chi connectivity index (χ0v) is 9.75. The normalized spacial score (nSPS) is 10.9. The fraction of sp³-hybridized carbons (Fsp3) is 0.0714. The molecular weight excluding hydrogens is 230 g/mol. The maximum absolute atomic E-state index is 11.9. The van der Waals surface area contributed by atoms with E-state index in [1.54, 1.807) is 22.7 Å². The van der Waals surface area contributed by atoms with E-state index in [1.807, 2.05) is 24.3 Å². The highest BCUT2D eigenvalue weighted by Gasteiger charge is 2.18. The quantitative estimate of drug-likeness (QED) is 0.666. The van der Waals surface area contributed by atoms with Crippen molar-refractivity contribution < 1.29 is 14.6 Å². The molecule has 3 rings (SSSR count). The highest BCUT2D eigenvalue weighted by Crippen LogP contribution is 2.28. The maximum atomic E-state index is 11.9. The molecule has 3 aromatic rings. The van der Waals surface area contributed by atoms with Crippen molar-refractivity contribution in [2.24, 2.45) is 0 Å². The number of aromatic nitrogens is 1. The number of hydrogen-bond acceptors (Lipinski definition) is 3. The van der Waals surface area contributed by atoms with Gasteiger partial charge >= 0.3 is 5.97 Å². The zero-order chi connectivity index (χ0) is 12.7. The molecule has 1 N–H and O–H groups in total. The third-order valence-electron chi connectivity index (χ3n) is 3.01. The van der Waals surface area contributed by atoms with Crippen LogP contribution in [0.4, 0.5) is 0 Å². The van der Waals surface area contributed by atoms with Gasteiger partial charge in [-0.05, 0) is 18.2 Å². The average molecular weight is 241 g/mol. The van der Waals surface area contributed by atoms with Crippen LogP contribution < -0.4 is 0 Å². The van der Waals surface area contributed by atoms with Crippen molar-refractivity contribution >= 4 is 22.4 Å². The van der Waals surface area contributed by atoms with Gasteiger partial charge in [-0.1, -0.05) is 18.2 Å². The number of benzene rings is 1. The van der Waals surface area contributed by atoms with E-state index in [0.717, 1.165) is 16.4 Å². The van der Waals surface area contributed by atoms with E-state index in [-0.39, 0.29) is 11.7 Å². The molecule has 2 aromatic heterocycles. The first-order valence-corrected chi connectivity index (χ1v) is 5.52. The summed E-state index contributed by atoms with van der Waals surface area (Å²) in [6.45, 7) is 0. The molecule has 1 aromatic carbocycles. The second-order valence-corrected chi connectivity index (χ2v) is 4.03. The van der Waals surface area contributed by atoms with Crippen LogP contribution in [0.15, 0.2) is 42.6 Å². The Kier molecular flexibility index (Phi) is 2.23. The monoisotopic (exact) mass is 241 g/mol.